The summed E-state index contributed by atoms with van der Waals surface area (Å²) in [4.78, 5) is 40.1. The minimum absolute atomic E-state index is 0.143. The first-order valence-corrected chi connectivity index (χ1v) is 12.3. The fraction of sp³-hybridized carbons (Fsp3) is 0.208. The molecule has 0 saturated heterocycles. The molecule has 1 saturated carbocycles. The molecule has 0 unspecified atom stereocenters. The summed E-state index contributed by atoms with van der Waals surface area (Å²) in [6, 6.07) is 10.2. The molecule has 37 heavy (non-hydrogen) atoms. The molecule has 2 heterocycles. The lowest BCUT2D eigenvalue weighted by Crippen LogP contribution is -2.22. The number of alkyl halides is 3. The average molecular weight is 547 g/mol. The summed E-state index contributed by atoms with van der Waals surface area (Å²) in [5.41, 5.74) is 0.254. The molecular formula is C24H18ClF3N6O2S. The van der Waals surface area contributed by atoms with Gasteiger partial charge in [0.05, 0.1) is 22.3 Å². The van der Waals surface area contributed by atoms with Crippen molar-refractivity contribution in [1.82, 2.24) is 15.0 Å². The molecule has 2 amide bonds. The van der Waals surface area contributed by atoms with Gasteiger partial charge in [0, 0.05) is 24.3 Å². The van der Waals surface area contributed by atoms with Crippen LogP contribution in [0, 0.1) is 0 Å². The number of fused-ring (bicyclic) bond motifs is 1. The maximum absolute atomic E-state index is 13.2. The van der Waals surface area contributed by atoms with Crippen molar-refractivity contribution in [2.24, 2.45) is 0 Å². The SMILES string of the molecule is CC(=O)Nc1nc2cnc(N(c3cccc(NC(=O)c4cccc(C(F)(F)F)c4Cl)c3)C3CC3)nc2s1. The minimum atomic E-state index is -4.68. The van der Waals surface area contributed by atoms with Gasteiger partial charge in [-0.1, -0.05) is 35.1 Å². The number of nitrogens with one attached hydrogen (secondary N) is 2. The highest BCUT2D eigenvalue weighted by molar-refractivity contribution is 7.21. The molecular weight excluding hydrogens is 529 g/mol. The Morgan fingerprint density at radius 1 is 1.11 bits per heavy atom. The molecule has 0 spiro atoms. The lowest BCUT2D eigenvalue weighted by atomic mass is 10.1. The maximum Gasteiger partial charge on any atom is 0.417 e. The molecule has 5 rings (SSSR count). The third-order valence-electron chi connectivity index (χ3n) is 5.48. The molecule has 1 aliphatic carbocycles. The molecule has 190 valence electrons. The number of hydrogen-bond donors (Lipinski definition) is 2. The molecule has 0 atom stereocenters. The number of halogens is 4. The number of anilines is 4. The number of amides is 2. The van der Waals surface area contributed by atoms with Crippen LogP contribution in [0.5, 0.6) is 0 Å². The van der Waals surface area contributed by atoms with Gasteiger partial charge >= 0.3 is 6.18 Å². The normalized spacial score (nSPS) is 13.4. The van der Waals surface area contributed by atoms with Crippen molar-refractivity contribution in [2.75, 3.05) is 15.5 Å². The van der Waals surface area contributed by atoms with Crippen LogP contribution in [0.1, 0.15) is 35.7 Å². The van der Waals surface area contributed by atoms with Crippen molar-refractivity contribution >= 4 is 67.6 Å². The van der Waals surface area contributed by atoms with Gasteiger partial charge in [-0.05, 0) is 43.2 Å². The van der Waals surface area contributed by atoms with Crippen LogP contribution in [0.2, 0.25) is 5.02 Å². The number of rotatable bonds is 6. The van der Waals surface area contributed by atoms with Crippen LogP contribution in [0.3, 0.4) is 0 Å². The van der Waals surface area contributed by atoms with Crippen LogP contribution in [0.25, 0.3) is 10.3 Å². The maximum atomic E-state index is 13.2. The second kappa shape index (κ2) is 9.60. The minimum Gasteiger partial charge on any atom is -0.322 e. The van der Waals surface area contributed by atoms with Crippen LogP contribution in [0.15, 0.2) is 48.7 Å². The van der Waals surface area contributed by atoms with E-state index in [0.29, 0.717) is 32.8 Å². The van der Waals surface area contributed by atoms with E-state index in [4.69, 9.17) is 11.6 Å². The third-order valence-corrected chi connectivity index (χ3v) is 6.77. The van der Waals surface area contributed by atoms with E-state index >= 15 is 0 Å². The third kappa shape index (κ3) is 5.35. The Balaban J connectivity index is 1.43. The van der Waals surface area contributed by atoms with Gasteiger partial charge in [0.25, 0.3) is 5.91 Å². The average Bonchev–Trinajstić information content (AvgIpc) is 3.57. The van der Waals surface area contributed by atoms with Crippen LogP contribution >= 0.6 is 22.9 Å². The first kappa shape index (κ1) is 24.9. The molecule has 2 N–H and O–H groups in total. The molecule has 13 heteroatoms. The van der Waals surface area contributed by atoms with E-state index in [-0.39, 0.29) is 17.5 Å². The first-order valence-electron chi connectivity index (χ1n) is 11.1. The monoisotopic (exact) mass is 546 g/mol. The second-order valence-electron chi connectivity index (χ2n) is 8.33. The van der Waals surface area contributed by atoms with Gasteiger partial charge in [-0.15, -0.1) is 0 Å². The van der Waals surface area contributed by atoms with Gasteiger partial charge in [-0.3, -0.25) is 9.59 Å². The Morgan fingerprint density at radius 3 is 2.57 bits per heavy atom. The highest BCUT2D eigenvalue weighted by Gasteiger charge is 2.35. The number of hydrogen-bond acceptors (Lipinski definition) is 7. The summed E-state index contributed by atoms with van der Waals surface area (Å²) in [5.74, 6) is -0.575. The zero-order valence-corrected chi connectivity index (χ0v) is 20.7. The smallest absolute Gasteiger partial charge is 0.322 e. The van der Waals surface area contributed by atoms with E-state index in [1.807, 2.05) is 11.0 Å². The second-order valence-corrected chi connectivity index (χ2v) is 9.69. The van der Waals surface area contributed by atoms with Crippen molar-refractivity contribution in [3.8, 4) is 0 Å². The Bertz CT molecular complexity index is 1520. The standard InChI is InChI=1S/C24H18ClF3N6O2S/c1-12(35)30-23-32-18-11-29-22(33-21(18)37-23)34(14-8-9-14)15-5-2-4-13(10-15)31-20(36)16-6-3-7-17(19(16)25)24(26,27)28/h2-7,10-11,14H,8-9H2,1H3,(H,31,36)(H,30,32,35). The predicted molar refractivity (Wildman–Crippen MR) is 136 cm³/mol. The summed E-state index contributed by atoms with van der Waals surface area (Å²) in [6.45, 7) is 1.39. The van der Waals surface area contributed by atoms with Gasteiger partial charge in [0.1, 0.15) is 5.52 Å². The van der Waals surface area contributed by atoms with E-state index in [0.717, 1.165) is 25.0 Å². The Kier molecular flexibility index (Phi) is 6.46. The van der Waals surface area contributed by atoms with Crippen LogP contribution in [0.4, 0.5) is 35.6 Å². The lowest BCUT2D eigenvalue weighted by molar-refractivity contribution is -0.137. The van der Waals surface area contributed by atoms with E-state index < -0.39 is 22.7 Å². The van der Waals surface area contributed by atoms with Crippen LogP contribution in [-0.4, -0.2) is 32.8 Å². The van der Waals surface area contributed by atoms with E-state index in [1.54, 1.807) is 24.4 Å². The highest BCUT2D eigenvalue weighted by atomic mass is 35.5. The Labute approximate surface area is 217 Å². The molecule has 8 nitrogen and oxygen atoms in total. The Morgan fingerprint density at radius 2 is 1.86 bits per heavy atom. The van der Waals surface area contributed by atoms with Crippen molar-refractivity contribution in [2.45, 2.75) is 32.0 Å². The van der Waals surface area contributed by atoms with Crippen molar-refractivity contribution in [3.05, 3.63) is 64.8 Å². The van der Waals surface area contributed by atoms with Crippen LogP contribution < -0.4 is 15.5 Å². The summed E-state index contributed by atoms with van der Waals surface area (Å²) in [7, 11) is 0. The Hall–Kier alpha value is -3.77. The zero-order valence-electron chi connectivity index (χ0n) is 19.1. The lowest BCUT2D eigenvalue weighted by Gasteiger charge is -2.23. The van der Waals surface area contributed by atoms with E-state index in [9.17, 15) is 22.8 Å². The molecule has 2 aromatic carbocycles. The van der Waals surface area contributed by atoms with Gasteiger partial charge in [-0.25, -0.2) is 9.97 Å². The molecule has 0 aliphatic heterocycles. The summed E-state index contributed by atoms with van der Waals surface area (Å²) in [6.07, 6.45) is -1.27. The zero-order chi connectivity index (χ0) is 26.3. The largest absolute Gasteiger partial charge is 0.417 e. The van der Waals surface area contributed by atoms with Crippen molar-refractivity contribution in [1.29, 1.82) is 0 Å². The molecule has 1 aliphatic rings. The van der Waals surface area contributed by atoms with Gasteiger partial charge in [0.15, 0.2) is 9.96 Å². The summed E-state index contributed by atoms with van der Waals surface area (Å²) in [5, 5.41) is 5.03. The van der Waals surface area contributed by atoms with E-state index in [1.165, 1.54) is 24.3 Å². The fourth-order valence-corrected chi connectivity index (χ4v) is 4.90. The number of carbonyl (C=O) groups is 2. The van der Waals surface area contributed by atoms with Crippen molar-refractivity contribution in [3.63, 3.8) is 0 Å². The topological polar surface area (TPSA) is 100 Å². The molecule has 1 fully saturated rings. The summed E-state index contributed by atoms with van der Waals surface area (Å²) < 4.78 is 39.6. The van der Waals surface area contributed by atoms with Crippen LogP contribution in [-0.2, 0) is 11.0 Å². The number of benzene rings is 2. The van der Waals surface area contributed by atoms with Gasteiger partial charge in [0.2, 0.25) is 11.9 Å². The molecule has 0 bridgehead atoms. The summed E-state index contributed by atoms with van der Waals surface area (Å²) >= 11 is 7.14. The first-order chi connectivity index (χ1) is 17.6. The van der Waals surface area contributed by atoms with Crippen molar-refractivity contribution < 1.29 is 22.8 Å². The van der Waals surface area contributed by atoms with Gasteiger partial charge in [-0.2, -0.15) is 18.2 Å². The van der Waals surface area contributed by atoms with Gasteiger partial charge < -0.3 is 15.5 Å². The fourth-order valence-electron chi connectivity index (χ4n) is 3.73. The number of nitrogens with zero attached hydrogens (tertiary/aromatic N) is 4. The predicted octanol–water partition coefficient (Wildman–Crippen LogP) is 6.27. The number of carbonyl (C=O) groups excluding carboxylic acids is 2. The number of thiazole rings is 1. The molecule has 4 aromatic rings. The quantitative estimate of drug-likeness (QED) is 0.296. The highest BCUT2D eigenvalue weighted by Crippen LogP contribution is 2.39. The molecule has 2 aromatic heterocycles. The molecule has 0 radical (unpaired) electrons. The number of aromatic nitrogens is 3. The van der Waals surface area contributed by atoms with E-state index in [2.05, 4.69) is 25.6 Å².